The summed E-state index contributed by atoms with van der Waals surface area (Å²) in [4.78, 5) is 7.38. The molecule has 0 spiro atoms. The molecule has 0 saturated carbocycles. The van der Waals surface area contributed by atoms with Gasteiger partial charge in [-0.25, -0.2) is 23.1 Å². The largest absolute Gasteiger partial charge is 0.243 e. The number of rotatable bonds is 5. The van der Waals surface area contributed by atoms with Gasteiger partial charge in [0.05, 0.1) is 12.4 Å². The van der Waals surface area contributed by atoms with E-state index in [1.807, 2.05) is 38.1 Å². The molecule has 1 N–H and O–H groups in total. The van der Waals surface area contributed by atoms with Gasteiger partial charge in [0.25, 0.3) is 0 Å². The maximum absolute atomic E-state index is 12.2. The fourth-order valence-corrected chi connectivity index (χ4v) is 3.21. The molecule has 0 saturated heterocycles. The lowest BCUT2D eigenvalue weighted by Crippen LogP contribution is -2.34. The molecule has 1 aromatic carbocycles. The van der Waals surface area contributed by atoms with Crippen LogP contribution in [0.3, 0.4) is 0 Å². The van der Waals surface area contributed by atoms with Gasteiger partial charge >= 0.3 is 0 Å². The Balaban J connectivity index is 2.10. The molecular formula is C14H16ClN3O2S. The lowest BCUT2D eigenvalue weighted by molar-refractivity contribution is 0.558. The molecule has 1 heterocycles. The van der Waals surface area contributed by atoms with E-state index >= 15 is 0 Å². The quantitative estimate of drug-likeness (QED) is 0.856. The van der Waals surface area contributed by atoms with Crippen molar-refractivity contribution in [2.45, 2.75) is 31.2 Å². The summed E-state index contributed by atoms with van der Waals surface area (Å²) in [5.74, 6) is 0. The molecular weight excluding hydrogens is 310 g/mol. The minimum absolute atomic E-state index is 0.00327. The molecule has 0 aliphatic carbocycles. The topological polar surface area (TPSA) is 72.0 Å². The maximum atomic E-state index is 12.2. The minimum Gasteiger partial charge on any atom is -0.225 e. The fraction of sp³-hybridized carbons (Fsp3) is 0.286. The van der Waals surface area contributed by atoms with Gasteiger partial charge in [-0.05, 0) is 43.0 Å². The summed E-state index contributed by atoms with van der Waals surface area (Å²) in [5.41, 5.74) is 2.25. The molecule has 7 heteroatoms. The summed E-state index contributed by atoms with van der Waals surface area (Å²) < 4.78 is 27.0. The third-order valence-corrected chi connectivity index (χ3v) is 4.79. The van der Waals surface area contributed by atoms with E-state index in [1.54, 1.807) is 0 Å². The van der Waals surface area contributed by atoms with Crippen LogP contribution in [0, 0.1) is 6.92 Å². The number of hydrogen-bond acceptors (Lipinski definition) is 4. The summed E-state index contributed by atoms with van der Waals surface area (Å²) in [5, 5.41) is 0.0157. The molecule has 5 nitrogen and oxygen atoms in total. The monoisotopic (exact) mass is 325 g/mol. The summed E-state index contributed by atoms with van der Waals surface area (Å²) in [6.07, 6.45) is 3.00. The molecule has 0 radical (unpaired) electrons. The van der Waals surface area contributed by atoms with Gasteiger partial charge in [0.1, 0.15) is 4.90 Å². The highest BCUT2D eigenvalue weighted by molar-refractivity contribution is 7.89. The van der Waals surface area contributed by atoms with Crippen molar-refractivity contribution in [2.75, 3.05) is 0 Å². The van der Waals surface area contributed by atoms with E-state index in [9.17, 15) is 8.42 Å². The molecule has 0 bridgehead atoms. The first-order chi connectivity index (χ1) is 9.88. The van der Waals surface area contributed by atoms with E-state index in [0.717, 1.165) is 11.1 Å². The molecule has 1 aromatic heterocycles. The van der Waals surface area contributed by atoms with Crippen molar-refractivity contribution >= 4 is 21.6 Å². The molecule has 0 aliphatic rings. The molecule has 21 heavy (non-hydrogen) atoms. The predicted molar refractivity (Wildman–Crippen MR) is 81.7 cm³/mol. The predicted octanol–water partition coefficient (Wildman–Crippen LogP) is 2.35. The van der Waals surface area contributed by atoms with Crippen molar-refractivity contribution in [1.29, 1.82) is 0 Å². The Morgan fingerprint density at radius 1 is 1.24 bits per heavy atom. The number of benzene rings is 1. The summed E-state index contributed by atoms with van der Waals surface area (Å²) in [6.45, 7) is 3.82. The first-order valence-corrected chi connectivity index (χ1v) is 8.29. The second-order valence-electron chi connectivity index (χ2n) is 4.84. The van der Waals surface area contributed by atoms with E-state index < -0.39 is 10.0 Å². The normalized spacial score (nSPS) is 13.1. The molecule has 2 rings (SSSR count). The Kier molecular flexibility index (Phi) is 4.92. The van der Waals surface area contributed by atoms with Gasteiger partial charge in [-0.3, -0.25) is 0 Å². The molecule has 0 amide bonds. The lowest BCUT2D eigenvalue weighted by Gasteiger charge is -2.15. The van der Waals surface area contributed by atoms with Crippen molar-refractivity contribution in [3.8, 4) is 0 Å². The smallest absolute Gasteiger partial charge is 0.225 e. The van der Waals surface area contributed by atoms with Gasteiger partial charge in [-0.15, -0.1) is 0 Å². The van der Waals surface area contributed by atoms with Crippen LogP contribution in [0.4, 0.5) is 0 Å². The van der Waals surface area contributed by atoms with Crippen LogP contribution in [0.1, 0.15) is 18.1 Å². The zero-order valence-corrected chi connectivity index (χ0v) is 13.3. The van der Waals surface area contributed by atoms with Crippen molar-refractivity contribution in [2.24, 2.45) is 0 Å². The third-order valence-electron chi connectivity index (χ3n) is 3.05. The molecule has 1 unspecified atom stereocenters. The van der Waals surface area contributed by atoms with Crippen molar-refractivity contribution in [3.63, 3.8) is 0 Å². The third kappa shape index (κ3) is 4.23. The fourth-order valence-electron chi connectivity index (χ4n) is 1.98. The first-order valence-electron chi connectivity index (χ1n) is 6.43. The first kappa shape index (κ1) is 15.9. The van der Waals surface area contributed by atoms with Crippen LogP contribution >= 0.6 is 11.6 Å². The van der Waals surface area contributed by atoms with Gasteiger partial charge in [-0.1, -0.05) is 24.3 Å². The average Bonchev–Trinajstić information content (AvgIpc) is 2.41. The Hall–Kier alpha value is -1.50. The van der Waals surface area contributed by atoms with Crippen LogP contribution in [0.15, 0.2) is 41.6 Å². The van der Waals surface area contributed by atoms with Crippen LogP contribution < -0.4 is 4.72 Å². The van der Waals surface area contributed by atoms with Gasteiger partial charge < -0.3 is 0 Å². The van der Waals surface area contributed by atoms with E-state index in [1.165, 1.54) is 12.4 Å². The van der Waals surface area contributed by atoms with Gasteiger partial charge in [0, 0.05) is 6.04 Å². The lowest BCUT2D eigenvalue weighted by atomic mass is 10.0. The highest BCUT2D eigenvalue weighted by atomic mass is 35.5. The second kappa shape index (κ2) is 6.51. The van der Waals surface area contributed by atoms with E-state index in [0.29, 0.717) is 6.42 Å². The maximum Gasteiger partial charge on any atom is 0.243 e. The Morgan fingerprint density at radius 2 is 1.86 bits per heavy atom. The molecule has 112 valence electrons. The minimum atomic E-state index is -3.64. The van der Waals surface area contributed by atoms with Crippen molar-refractivity contribution < 1.29 is 8.42 Å². The zero-order valence-electron chi connectivity index (χ0n) is 11.7. The van der Waals surface area contributed by atoms with E-state index in [2.05, 4.69) is 14.7 Å². The summed E-state index contributed by atoms with van der Waals surface area (Å²) in [7, 11) is -3.64. The highest BCUT2D eigenvalue weighted by Crippen LogP contribution is 2.12. The Bertz CT molecular complexity index is 717. The van der Waals surface area contributed by atoms with Crippen LogP contribution in [-0.2, 0) is 16.4 Å². The van der Waals surface area contributed by atoms with Crippen molar-refractivity contribution in [1.82, 2.24) is 14.7 Å². The van der Waals surface area contributed by atoms with Gasteiger partial charge in [0.2, 0.25) is 15.3 Å². The van der Waals surface area contributed by atoms with Crippen LogP contribution in [0.2, 0.25) is 5.28 Å². The van der Waals surface area contributed by atoms with Crippen LogP contribution in [0.5, 0.6) is 0 Å². The number of aryl methyl sites for hydroxylation is 1. The van der Waals surface area contributed by atoms with Gasteiger partial charge in [0.15, 0.2) is 0 Å². The number of sulfonamides is 1. The Labute approximate surface area is 129 Å². The Morgan fingerprint density at radius 3 is 2.48 bits per heavy atom. The van der Waals surface area contributed by atoms with Crippen LogP contribution in [-0.4, -0.2) is 24.4 Å². The molecule has 2 aromatic rings. The number of halogens is 1. The molecule has 0 aliphatic heterocycles. The summed E-state index contributed by atoms with van der Waals surface area (Å²) in [6, 6.07) is 7.65. The SMILES string of the molecule is Cc1ccccc1CC(C)NS(=O)(=O)c1cnc(Cl)nc1. The molecule has 1 atom stereocenters. The second-order valence-corrected chi connectivity index (χ2v) is 6.89. The van der Waals surface area contributed by atoms with E-state index in [4.69, 9.17) is 11.6 Å². The summed E-state index contributed by atoms with van der Waals surface area (Å²) >= 11 is 5.55. The van der Waals surface area contributed by atoms with Crippen molar-refractivity contribution in [3.05, 3.63) is 53.1 Å². The van der Waals surface area contributed by atoms with E-state index in [-0.39, 0.29) is 16.2 Å². The standard InChI is InChI=1S/C14H16ClN3O2S/c1-10-5-3-4-6-12(10)7-11(2)18-21(19,20)13-8-16-14(15)17-9-13/h3-6,8-9,11,18H,7H2,1-2H3. The molecule has 0 fully saturated rings. The number of hydrogen-bond donors (Lipinski definition) is 1. The van der Waals surface area contributed by atoms with Gasteiger partial charge in [-0.2, -0.15) is 0 Å². The van der Waals surface area contributed by atoms with Crippen LogP contribution in [0.25, 0.3) is 0 Å². The highest BCUT2D eigenvalue weighted by Gasteiger charge is 2.18. The zero-order chi connectivity index (χ0) is 15.5. The number of nitrogens with one attached hydrogen (secondary N) is 1. The average molecular weight is 326 g/mol. The number of aromatic nitrogens is 2. The number of nitrogens with zero attached hydrogens (tertiary/aromatic N) is 2.